The molecular formula is C42H62O26. The van der Waals surface area contributed by atoms with E-state index in [-0.39, 0.29) is 13.2 Å². The van der Waals surface area contributed by atoms with E-state index in [1.54, 1.807) is 0 Å². The molecule has 0 bridgehead atoms. The van der Waals surface area contributed by atoms with E-state index in [4.69, 9.17) is 71.5 Å². The number of hydrogen-bond donors (Lipinski definition) is 14. The lowest BCUT2D eigenvalue weighted by Gasteiger charge is -1.93. The van der Waals surface area contributed by atoms with Crippen LogP contribution in [0.25, 0.3) is 0 Å². The molecule has 0 unspecified atom stereocenters. The Kier molecular flexibility index (Phi) is 127. The van der Waals surface area contributed by atoms with Crippen LogP contribution in [-0.2, 0) is 57.5 Å². The zero-order valence-corrected chi connectivity index (χ0v) is 36.8. The van der Waals surface area contributed by atoms with Gasteiger partial charge in [0.25, 0.3) is 0 Å². The SMILES string of the molecule is C=CC(=O)O.C=CC(=O)O.C=CC(=O)O.C=CC(=O)O.C=CC(=O)O.C=CC(=O)O.C=CC(=O)O.C=CC(=O)O.C=CC(=O)O.C=CC(=O)O.C=CC(=O)O.C=CC(=O)O.OCCCCCCO. The van der Waals surface area contributed by atoms with Gasteiger partial charge >= 0.3 is 71.6 Å². The van der Waals surface area contributed by atoms with Crippen LogP contribution in [0.3, 0.4) is 0 Å². The summed E-state index contributed by atoms with van der Waals surface area (Å²) in [6, 6.07) is 0. The second-order valence-electron chi connectivity index (χ2n) is 8.37. The normalized spacial score (nSPS) is 6.79. The van der Waals surface area contributed by atoms with Crippen LogP contribution in [0.4, 0.5) is 0 Å². The Hall–Kier alpha value is -9.56. The van der Waals surface area contributed by atoms with E-state index in [9.17, 15) is 57.5 Å². The Labute approximate surface area is 391 Å². The molecule has 0 saturated carbocycles. The molecule has 0 fully saturated rings. The summed E-state index contributed by atoms with van der Waals surface area (Å²) in [5.41, 5.74) is 0. The van der Waals surface area contributed by atoms with Crippen LogP contribution in [-0.4, -0.2) is 156 Å². The van der Waals surface area contributed by atoms with Gasteiger partial charge in [-0.1, -0.05) is 91.8 Å². The molecule has 0 spiro atoms. The average molecular weight is 983 g/mol. The highest BCUT2D eigenvalue weighted by Gasteiger charge is 1.85. The van der Waals surface area contributed by atoms with Gasteiger partial charge < -0.3 is 71.5 Å². The second-order valence-corrected chi connectivity index (χ2v) is 8.37. The van der Waals surface area contributed by atoms with Crippen molar-refractivity contribution in [1.82, 2.24) is 0 Å². The first-order valence-corrected chi connectivity index (χ1v) is 16.6. The lowest BCUT2D eigenvalue weighted by atomic mass is 10.2. The van der Waals surface area contributed by atoms with Crippen molar-refractivity contribution in [3.63, 3.8) is 0 Å². The Morgan fingerprint density at radius 3 is 0.294 bits per heavy atom. The largest absolute Gasteiger partial charge is 0.478 e. The molecule has 0 saturated heterocycles. The number of aliphatic carboxylic acids is 12. The van der Waals surface area contributed by atoms with Crippen LogP contribution in [0.2, 0.25) is 0 Å². The third-order valence-corrected chi connectivity index (χ3v) is 3.16. The molecule has 386 valence electrons. The van der Waals surface area contributed by atoms with Gasteiger partial charge in [-0.25, -0.2) is 57.5 Å². The molecule has 0 aromatic carbocycles. The zero-order valence-electron chi connectivity index (χ0n) is 36.8. The molecule has 26 nitrogen and oxygen atoms in total. The van der Waals surface area contributed by atoms with Crippen LogP contribution in [0.1, 0.15) is 25.7 Å². The standard InChI is InChI=1S/C6H14O2.12C3H4O2/c7-5-3-1-2-4-6-8;12*1-2-3(4)5/h7-8H,1-6H2;12*2H,1H2,(H,4,5). The van der Waals surface area contributed by atoms with Crippen molar-refractivity contribution < 1.29 is 129 Å². The zero-order chi connectivity index (χ0) is 57.7. The molecule has 0 radical (unpaired) electrons. The predicted octanol–water partition coefficient (Wildman–Crippen LogP) is 3.62. The van der Waals surface area contributed by atoms with Gasteiger partial charge in [0, 0.05) is 86.1 Å². The van der Waals surface area contributed by atoms with E-state index in [0.717, 1.165) is 98.6 Å². The summed E-state index contributed by atoms with van der Waals surface area (Å²) in [6.07, 6.45) is 13.8. The smallest absolute Gasteiger partial charge is 0.327 e. The van der Waals surface area contributed by atoms with Crippen LogP contribution < -0.4 is 0 Å². The highest BCUT2D eigenvalue weighted by molar-refractivity contribution is 5.82. The van der Waals surface area contributed by atoms with Gasteiger partial charge in [-0.15, -0.1) is 0 Å². The van der Waals surface area contributed by atoms with Gasteiger partial charge in [-0.3, -0.25) is 0 Å². The van der Waals surface area contributed by atoms with Gasteiger partial charge in [-0.2, -0.15) is 0 Å². The molecule has 0 aromatic rings. The molecule has 0 atom stereocenters. The van der Waals surface area contributed by atoms with Gasteiger partial charge in [-0.05, 0) is 12.8 Å². The lowest BCUT2D eigenvalue weighted by molar-refractivity contribution is -0.132. The Morgan fingerprint density at radius 2 is 0.265 bits per heavy atom. The van der Waals surface area contributed by atoms with Crippen molar-refractivity contribution >= 4 is 71.6 Å². The number of aliphatic hydroxyl groups excluding tert-OH is 2. The topological polar surface area (TPSA) is 488 Å². The minimum atomic E-state index is -0.981. The number of carboxylic acids is 12. The first kappa shape index (κ1) is 93.4. The fourth-order valence-electron chi connectivity index (χ4n) is 0.577. The monoisotopic (exact) mass is 982 g/mol. The maximum Gasteiger partial charge on any atom is 0.327 e. The molecule has 0 aliphatic carbocycles. The van der Waals surface area contributed by atoms with Gasteiger partial charge in [0.2, 0.25) is 0 Å². The van der Waals surface area contributed by atoms with Crippen molar-refractivity contribution in [2.75, 3.05) is 13.2 Å². The fourth-order valence-corrected chi connectivity index (χ4v) is 0.577. The van der Waals surface area contributed by atoms with Crippen LogP contribution in [0, 0.1) is 0 Å². The number of carbonyl (C=O) groups is 12. The minimum absolute atomic E-state index is 0.283. The third kappa shape index (κ3) is 459. The van der Waals surface area contributed by atoms with E-state index in [1.807, 2.05) is 0 Å². The first-order chi connectivity index (χ1) is 31.2. The maximum atomic E-state index is 9.25. The summed E-state index contributed by atoms with van der Waals surface area (Å²) in [7, 11) is 0. The van der Waals surface area contributed by atoms with E-state index in [2.05, 4.69) is 78.9 Å². The second kappa shape index (κ2) is 92.6. The summed E-state index contributed by atoms with van der Waals surface area (Å²) in [5, 5.41) is 108. The summed E-state index contributed by atoms with van der Waals surface area (Å²) < 4.78 is 0. The van der Waals surface area contributed by atoms with Crippen molar-refractivity contribution in [2.45, 2.75) is 25.7 Å². The summed E-state index contributed by atoms with van der Waals surface area (Å²) in [5.74, 6) is -11.8. The molecule has 0 aliphatic rings. The Morgan fingerprint density at radius 1 is 0.206 bits per heavy atom. The average Bonchev–Trinajstić information content (AvgIpc) is 3.29. The molecular weight excluding hydrogens is 920 g/mol. The molecule has 26 heteroatoms. The molecule has 0 aromatic heterocycles. The van der Waals surface area contributed by atoms with Crippen molar-refractivity contribution in [3.8, 4) is 0 Å². The first-order valence-electron chi connectivity index (χ1n) is 16.6. The van der Waals surface area contributed by atoms with Crippen LogP contribution in [0.5, 0.6) is 0 Å². The Balaban J connectivity index is -0.0000000439. The molecule has 0 rings (SSSR count). The van der Waals surface area contributed by atoms with E-state index < -0.39 is 71.6 Å². The molecule has 0 heterocycles. The number of unbranched alkanes of at least 4 members (excludes halogenated alkanes) is 3. The predicted molar refractivity (Wildman–Crippen MR) is 247 cm³/mol. The number of aliphatic hydroxyl groups is 2. The Bertz CT molecular complexity index is 1160. The highest BCUT2D eigenvalue weighted by atomic mass is 16.4. The van der Waals surface area contributed by atoms with Gasteiger partial charge in [0.05, 0.1) is 0 Å². The molecule has 0 amide bonds. The quantitative estimate of drug-likeness (QED) is 0.0731. The summed E-state index contributed by atoms with van der Waals surface area (Å²) in [6.45, 7) is 36.1. The minimum Gasteiger partial charge on any atom is -0.478 e. The number of rotatable bonds is 17. The van der Waals surface area contributed by atoms with E-state index in [1.165, 1.54) is 0 Å². The van der Waals surface area contributed by atoms with Crippen molar-refractivity contribution in [1.29, 1.82) is 0 Å². The van der Waals surface area contributed by atoms with Gasteiger partial charge in [0.1, 0.15) is 0 Å². The highest BCUT2D eigenvalue weighted by Crippen LogP contribution is 1.96. The third-order valence-electron chi connectivity index (χ3n) is 3.16. The summed E-state index contributed by atoms with van der Waals surface area (Å²) in [4.78, 5) is 111. The van der Waals surface area contributed by atoms with Crippen LogP contribution in [0.15, 0.2) is 152 Å². The number of carboxylic acid groups (broad SMARTS) is 12. The van der Waals surface area contributed by atoms with E-state index >= 15 is 0 Å². The number of hydrogen-bond acceptors (Lipinski definition) is 14. The van der Waals surface area contributed by atoms with Crippen LogP contribution >= 0.6 is 0 Å². The molecule has 14 N–H and O–H groups in total. The summed E-state index contributed by atoms with van der Waals surface area (Å²) >= 11 is 0. The molecule has 0 aliphatic heterocycles. The maximum absolute atomic E-state index is 9.25. The van der Waals surface area contributed by atoms with Crippen molar-refractivity contribution in [3.05, 3.63) is 152 Å². The van der Waals surface area contributed by atoms with Gasteiger partial charge in [0.15, 0.2) is 0 Å². The lowest BCUT2D eigenvalue weighted by Crippen LogP contribution is -1.85. The fraction of sp³-hybridized carbons (Fsp3) is 0.143. The van der Waals surface area contributed by atoms with E-state index in [0.29, 0.717) is 0 Å². The molecule has 68 heavy (non-hydrogen) atoms. The van der Waals surface area contributed by atoms with Crippen molar-refractivity contribution in [2.24, 2.45) is 0 Å².